The fraction of sp³-hybridized carbons (Fsp3) is 0.0435. The van der Waals surface area contributed by atoms with Crippen molar-refractivity contribution in [3.05, 3.63) is 103 Å². The number of aldehydes is 1. The molecule has 1 atom stereocenters. The molecule has 4 rings (SSSR count). The minimum Gasteiger partial charge on any atom is -0.399 e. The molecule has 0 radical (unpaired) electrons. The SMILES string of the molecule is Nc1ccc(C2=CC(c3ccccn3)=CN(c3ccccc3)C2C=O)cc1. The summed E-state index contributed by atoms with van der Waals surface area (Å²) >= 11 is 0. The van der Waals surface area contributed by atoms with Crippen molar-refractivity contribution in [1.82, 2.24) is 4.98 Å². The quantitative estimate of drug-likeness (QED) is 0.565. The third kappa shape index (κ3) is 3.37. The van der Waals surface area contributed by atoms with Crippen LogP contribution in [0, 0.1) is 0 Å². The fourth-order valence-corrected chi connectivity index (χ4v) is 3.25. The van der Waals surface area contributed by atoms with E-state index in [1.54, 1.807) is 6.20 Å². The fourth-order valence-electron chi connectivity index (χ4n) is 3.25. The van der Waals surface area contributed by atoms with Gasteiger partial charge in [0, 0.05) is 29.3 Å². The van der Waals surface area contributed by atoms with Crippen LogP contribution >= 0.6 is 0 Å². The molecule has 3 aromatic rings. The summed E-state index contributed by atoms with van der Waals surface area (Å²) in [6.45, 7) is 0. The summed E-state index contributed by atoms with van der Waals surface area (Å²) in [5, 5.41) is 0. The number of hydrogen-bond donors (Lipinski definition) is 1. The number of carbonyl (C=O) groups excluding carboxylic acids is 1. The van der Waals surface area contributed by atoms with Gasteiger partial charge < -0.3 is 15.4 Å². The molecule has 27 heavy (non-hydrogen) atoms. The monoisotopic (exact) mass is 353 g/mol. The van der Waals surface area contributed by atoms with Crippen LogP contribution in [0.25, 0.3) is 11.1 Å². The summed E-state index contributed by atoms with van der Waals surface area (Å²) in [6, 6.07) is 22.9. The van der Waals surface area contributed by atoms with Crippen LogP contribution in [0.4, 0.5) is 11.4 Å². The average Bonchev–Trinajstić information content (AvgIpc) is 2.74. The van der Waals surface area contributed by atoms with Crippen LogP contribution in [0.3, 0.4) is 0 Å². The van der Waals surface area contributed by atoms with Gasteiger partial charge in [-0.1, -0.05) is 36.4 Å². The van der Waals surface area contributed by atoms with E-state index < -0.39 is 6.04 Å². The highest BCUT2D eigenvalue weighted by atomic mass is 16.1. The van der Waals surface area contributed by atoms with Crippen molar-refractivity contribution in [3.63, 3.8) is 0 Å². The summed E-state index contributed by atoms with van der Waals surface area (Å²) in [6.07, 6.45) is 6.76. The molecule has 4 heteroatoms. The summed E-state index contributed by atoms with van der Waals surface area (Å²) in [4.78, 5) is 18.5. The van der Waals surface area contributed by atoms with E-state index in [4.69, 9.17) is 5.73 Å². The Kier molecular flexibility index (Phi) is 4.54. The molecule has 1 unspecified atom stereocenters. The van der Waals surface area contributed by atoms with E-state index >= 15 is 0 Å². The third-order valence-corrected chi connectivity index (χ3v) is 4.60. The van der Waals surface area contributed by atoms with E-state index in [1.165, 1.54) is 0 Å². The van der Waals surface area contributed by atoms with Crippen LogP contribution in [-0.2, 0) is 4.79 Å². The Balaban J connectivity index is 1.87. The van der Waals surface area contributed by atoms with E-state index in [2.05, 4.69) is 4.98 Å². The molecular weight excluding hydrogens is 334 g/mol. The molecule has 0 amide bonds. The molecule has 0 fully saturated rings. The first-order valence-electron chi connectivity index (χ1n) is 8.75. The molecule has 4 nitrogen and oxygen atoms in total. The topological polar surface area (TPSA) is 59.2 Å². The van der Waals surface area contributed by atoms with Gasteiger partial charge in [0.25, 0.3) is 0 Å². The molecule has 1 aliphatic heterocycles. The number of nitrogens with zero attached hydrogens (tertiary/aromatic N) is 2. The molecule has 0 saturated heterocycles. The van der Waals surface area contributed by atoms with E-state index in [0.717, 1.165) is 34.4 Å². The average molecular weight is 353 g/mol. The number of carbonyl (C=O) groups is 1. The van der Waals surface area contributed by atoms with E-state index in [-0.39, 0.29) is 0 Å². The summed E-state index contributed by atoms with van der Waals surface area (Å²) < 4.78 is 0. The number of benzene rings is 2. The highest BCUT2D eigenvalue weighted by Crippen LogP contribution is 2.34. The largest absolute Gasteiger partial charge is 0.399 e. The van der Waals surface area contributed by atoms with Gasteiger partial charge in [-0.2, -0.15) is 0 Å². The first kappa shape index (κ1) is 16.8. The maximum Gasteiger partial charge on any atom is 0.147 e. The molecule has 0 saturated carbocycles. The molecule has 1 aliphatic rings. The van der Waals surface area contributed by atoms with Crippen molar-refractivity contribution in [2.75, 3.05) is 10.6 Å². The van der Waals surface area contributed by atoms with Crippen LogP contribution in [0.1, 0.15) is 11.3 Å². The second kappa shape index (κ2) is 7.30. The van der Waals surface area contributed by atoms with Gasteiger partial charge in [-0.05, 0) is 53.6 Å². The van der Waals surface area contributed by atoms with Crippen molar-refractivity contribution in [3.8, 4) is 0 Å². The van der Waals surface area contributed by atoms with Gasteiger partial charge in [0.1, 0.15) is 12.3 Å². The molecule has 1 aromatic heterocycles. The first-order valence-corrected chi connectivity index (χ1v) is 8.75. The number of nitrogens with two attached hydrogens (primary N) is 1. The molecule has 0 spiro atoms. The standard InChI is InChI=1S/C23H19N3O/c24-19-11-9-17(10-12-19)21-14-18(22-8-4-5-13-25-22)15-26(23(21)16-27)20-6-2-1-3-7-20/h1-16,23H,24H2. The van der Waals surface area contributed by atoms with Gasteiger partial charge in [0.05, 0.1) is 5.69 Å². The van der Waals surface area contributed by atoms with Gasteiger partial charge >= 0.3 is 0 Å². The number of allylic oxidation sites excluding steroid dienone is 2. The lowest BCUT2D eigenvalue weighted by Gasteiger charge is -2.33. The zero-order valence-electron chi connectivity index (χ0n) is 14.7. The van der Waals surface area contributed by atoms with Crippen LogP contribution in [0.5, 0.6) is 0 Å². The number of hydrogen-bond acceptors (Lipinski definition) is 4. The highest BCUT2D eigenvalue weighted by molar-refractivity contribution is 5.98. The predicted octanol–water partition coefficient (Wildman–Crippen LogP) is 4.18. The molecule has 132 valence electrons. The van der Waals surface area contributed by atoms with Crippen molar-refractivity contribution in [2.45, 2.75) is 6.04 Å². The smallest absolute Gasteiger partial charge is 0.147 e. The number of anilines is 2. The van der Waals surface area contributed by atoms with Crippen molar-refractivity contribution < 1.29 is 4.79 Å². The maximum absolute atomic E-state index is 12.1. The Hall–Kier alpha value is -3.66. The second-order valence-electron chi connectivity index (χ2n) is 6.34. The Bertz CT molecular complexity index is 993. The number of rotatable bonds is 4. The lowest BCUT2D eigenvalue weighted by molar-refractivity contribution is -0.107. The maximum atomic E-state index is 12.1. The zero-order chi connectivity index (χ0) is 18.6. The minimum absolute atomic E-state index is 0.427. The van der Waals surface area contributed by atoms with Gasteiger partial charge in [0.15, 0.2) is 0 Å². The highest BCUT2D eigenvalue weighted by Gasteiger charge is 2.27. The van der Waals surface area contributed by atoms with E-state index in [9.17, 15) is 4.79 Å². The number of aromatic nitrogens is 1. The van der Waals surface area contributed by atoms with E-state index in [1.807, 2.05) is 90.0 Å². The third-order valence-electron chi connectivity index (χ3n) is 4.60. The predicted molar refractivity (Wildman–Crippen MR) is 110 cm³/mol. The first-order chi connectivity index (χ1) is 13.3. The van der Waals surface area contributed by atoms with Gasteiger partial charge in [-0.25, -0.2) is 0 Å². The summed E-state index contributed by atoms with van der Waals surface area (Å²) in [5.41, 5.74) is 11.2. The molecule has 2 heterocycles. The van der Waals surface area contributed by atoms with Crippen LogP contribution < -0.4 is 10.6 Å². The Morgan fingerprint density at radius 1 is 0.926 bits per heavy atom. The van der Waals surface area contributed by atoms with Crippen molar-refractivity contribution >= 4 is 28.8 Å². The summed E-state index contributed by atoms with van der Waals surface area (Å²) in [5.74, 6) is 0. The second-order valence-corrected chi connectivity index (χ2v) is 6.34. The van der Waals surface area contributed by atoms with Gasteiger partial charge in [0.2, 0.25) is 0 Å². The lowest BCUT2D eigenvalue weighted by Crippen LogP contribution is -2.35. The number of nitrogen functional groups attached to an aromatic ring is 1. The molecule has 0 bridgehead atoms. The molecule has 2 aromatic carbocycles. The van der Waals surface area contributed by atoms with Crippen molar-refractivity contribution in [1.29, 1.82) is 0 Å². The van der Waals surface area contributed by atoms with Gasteiger partial charge in [-0.3, -0.25) is 4.98 Å². The summed E-state index contributed by atoms with van der Waals surface area (Å²) in [7, 11) is 0. The normalized spacial score (nSPS) is 16.4. The van der Waals surface area contributed by atoms with Gasteiger partial charge in [-0.15, -0.1) is 0 Å². The Morgan fingerprint density at radius 2 is 1.67 bits per heavy atom. The minimum atomic E-state index is -0.427. The van der Waals surface area contributed by atoms with Crippen LogP contribution in [0.15, 0.2) is 91.3 Å². The Labute approximate surface area is 158 Å². The molecule has 0 aliphatic carbocycles. The Morgan fingerprint density at radius 3 is 2.33 bits per heavy atom. The molecular formula is C23H19N3O. The van der Waals surface area contributed by atoms with Crippen LogP contribution in [0.2, 0.25) is 0 Å². The lowest BCUT2D eigenvalue weighted by atomic mass is 9.91. The zero-order valence-corrected chi connectivity index (χ0v) is 14.7. The molecule has 2 N–H and O–H groups in total. The number of pyridine rings is 1. The van der Waals surface area contributed by atoms with Crippen LogP contribution in [-0.4, -0.2) is 17.3 Å². The van der Waals surface area contributed by atoms with Crippen molar-refractivity contribution in [2.24, 2.45) is 0 Å². The number of para-hydroxylation sites is 1. The van der Waals surface area contributed by atoms with E-state index in [0.29, 0.717) is 5.69 Å².